The Balaban J connectivity index is 1.93. The van der Waals surface area contributed by atoms with Crippen LogP contribution in [-0.4, -0.2) is 18.7 Å². The number of rotatable bonds is 5. The van der Waals surface area contributed by atoms with Crippen molar-refractivity contribution in [1.29, 1.82) is 0 Å². The Hall–Kier alpha value is -2.93. The molecule has 0 unspecified atom stereocenters. The van der Waals surface area contributed by atoms with Gasteiger partial charge in [0.2, 0.25) is 0 Å². The van der Waals surface area contributed by atoms with E-state index in [1.54, 1.807) is 7.05 Å². The molecule has 0 saturated carbocycles. The first-order chi connectivity index (χ1) is 14.4. The third-order valence-electron chi connectivity index (χ3n) is 5.42. The van der Waals surface area contributed by atoms with E-state index in [0.29, 0.717) is 24.1 Å². The van der Waals surface area contributed by atoms with E-state index in [2.05, 4.69) is 41.1 Å². The van der Waals surface area contributed by atoms with Crippen LogP contribution in [0.25, 0.3) is 11.2 Å². The van der Waals surface area contributed by atoms with Gasteiger partial charge in [0.1, 0.15) is 5.82 Å². The molecule has 0 radical (unpaired) electrons. The summed E-state index contributed by atoms with van der Waals surface area (Å²) in [6.45, 7) is 2.62. The van der Waals surface area contributed by atoms with E-state index in [9.17, 15) is 9.59 Å². The Kier molecular flexibility index (Phi) is 5.47. The van der Waals surface area contributed by atoms with Gasteiger partial charge in [-0.15, -0.1) is 0 Å². The maximum atomic E-state index is 13.0. The molecule has 2 aromatic heterocycles. The lowest BCUT2D eigenvalue weighted by Crippen LogP contribution is -2.37. The molecule has 30 heavy (non-hydrogen) atoms. The van der Waals surface area contributed by atoms with Gasteiger partial charge in [-0.3, -0.25) is 13.9 Å². The van der Waals surface area contributed by atoms with Crippen LogP contribution in [0.15, 0.2) is 62.6 Å². The Morgan fingerprint density at radius 1 is 0.933 bits per heavy atom. The van der Waals surface area contributed by atoms with Gasteiger partial charge in [0.25, 0.3) is 5.56 Å². The van der Waals surface area contributed by atoms with Crippen molar-refractivity contribution in [2.75, 3.05) is 0 Å². The number of hydrogen-bond donors (Lipinski definition) is 0. The molecule has 4 aromatic rings. The molecule has 0 aliphatic heterocycles. The van der Waals surface area contributed by atoms with E-state index in [1.165, 1.54) is 17.2 Å². The fourth-order valence-electron chi connectivity index (χ4n) is 3.76. The van der Waals surface area contributed by atoms with Gasteiger partial charge in [0, 0.05) is 31.5 Å². The molecule has 0 aliphatic rings. The summed E-state index contributed by atoms with van der Waals surface area (Å²) >= 11 is 3.52. The molecule has 0 fully saturated rings. The van der Waals surface area contributed by atoms with Gasteiger partial charge < -0.3 is 4.57 Å². The number of hydrogen-bond acceptors (Lipinski definition) is 3. The van der Waals surface area contributed by atoms with E-state index < -0.39 is 0 Å². The average molecular weight is 467 g/mol. The summed E-state index contributed by atoms with van der Waals surface area (Å²) in [5.41, 5.74) is 3.58. The summed E-state index contributed by atoms with van der Waals surface area (Å²) < 4.78 is 5.50. The second-order valence-corrected chi connectivity index (χ2v) is 8.39. The molecule has 0 atom stereocenters. The van der Waals surface area contributed by atoms with Crippen molar-refractivity contribution >= 4 is 27.1 Å². The molecule has 0 spiro atoms. The maximum absolute atomic E-state index is 13.0. The van der Waals surface area contributed by atoms with E-state index in [4.69, 9.17) is 4.98 Å². The standard InChI is InChI=1S/C23H23BrN4O2/c1-4-15-7-5-8-16(11-15)13-19-25-21-20(22(29)27(3)23(30)26(21)2)28(19)14-17-9-6-10-18(24)12-17/h5-12H,4,13-14H2,1-3H3. The lowest BCUT2D eigenvalue weighted by molar-refractivity contribution is 0.700. The molecule has 4 rings (SSSR count). The molecule has 0 N–H and O–H groups in total. The Morgan fingerprint density at radius 2 is 1.63 bits per heavy atom. The third-order valence-corrected chi connectivity index (χ3v) is 5.91. The van der Waals surface area contributed by atoms with Crippen molar-refractivity contribution in [2.45, 2.75) is 26.3 Å². The smallest absolute Gasteiger partial charge is 0.317 e. The van der Waals surface area contributed by atoms with Gasteiger partial charge >= 0.3 is 5.69 Å². The first-order valence-corrected chi connectivity index (χ1v) is 10.7. The lowest BCUT2D eigenvalue weighted by atomic mass is 10.1. The first-order valence-electron chi connectivity index (χ1n) is 9.86. The third kappa shape index (κ3) is 3.65. The number of fused-ring (bicyclic) bond motifs is 1. The molecule has 0 saturated heterocycles. The molecule has 2 aromatic carbocycles. The number of halogens is 1. The molecular formula is C23H23BrN4O2. The van der Waals surface area contributed by atoms with Crippen molar-refractivity contribution in [3.63, 3.8) is 0 Å². The van der Waals surface area contributed by atoms with E-state index in [-0.39, 0.29) is 11.2 Å². The van der Waals surface area contributed by atoms with Crippen molar-refractivity contribution < 1.29 is 0 Å². The molecule has 7 heteroatoms. The first kappa shape index (κ1) is 20.3. The molecule has 0 bridgehead atoms. The van der Waals surface area contributed by atoms with Crippen LogP contribution in [-0.2, 0) is 33.5 Å². The molecule has 0 amide bonds. The van der Waals surface area contributed by atoms with E-state index >= 15 is 0 Å². The molecule has 2 heterocycles. The predicted octanol–water partition coefficient (Wildman–Crippen LogP) is 3.40. The minimum Gasteiger partial charge on any atom is -0.317 e. The van der Waals surface area contributed by atoms with Crippen LogP contribution in [0.4, 0.5) is 0 Å². The van der Waals surface area contributed by atoms with Crippen LogP contribution in [0.1, 0.15) is 29.4 Å². The highest BCUT2D eigenvalue weighted by atomic mass is 79.9. The molecule has 154 valence electrons. The number of aromatic nitrogens is 4. The highest BCUT2D eigenvalue weighted by Gasteiger charge is 2.19. The zero-order valence-electron chi connectivity index (χ0n) is 17.2. The summed E-state index contributed by atoms with van der Waals surface area (Å²) in [4.78, 5) is 30.2. The van der Waals surface area contributed by atoms with E-state index in [1.807, 2.05) is 34.9 Å². The number of nitrogens with zero attached hydrogens (tertiary/aromatic N) is 4. The van der Waals surface area contributed by atoms with Crippen LogP contribution in [0, 0.1) is 0 Å². The fourth-order valence-corrected chi connectivity index (χ4v) is 4.20. The summed E-state index contributed by atoms with van der Waals surface area (Å²) in [5.74, 6) is 0.761. The summed E-state index contributed by atoms with van der Waals surface area (Å²) in [6, 6.07) is 16.4. The zero-order valence-corrected chi connectivity index (χ0v) is 18.8. The van der Waals surface area contributed by atoms with Gasteiger partial charge in [-0.25, -0.2) is 9.78 Å². The van der Waals surface area contributed by atoms with E-state index in [0.717, 1.165) is 32.4 Å². The number of imidazole rings is 1. The monoisotopic (exact) mass is 466 g/mol. The number of benzene rings is 2. The Morgan fingerprint density at radius 3 is 2.37 bits per heavy atom. The van der Waals surface area contributed by atoms with Crippen molar-refractivity contribution in [3.8, 4) is 0 Å². The van der Waals surface area contributed by atoms with Crippen LogP contribution >= 0.6 is 15.9 Å². The average Bonchev–Trinajstić information content (AvgIpc) is 3.09. The van der Waals surface area contributed by atoms with Gasteiger partial charge in [-0.2, -0.15) is 0 Å². The van der Waals surface area contributed by atoms with Gasteiger partial charge in [0.05, 0.1) is 0 Å². The fraction of sp³-hybridized carbons (Fsp3) is 0.261. The largest absolute Gasteiger partial charge is 0.332 e. The van der Waals surface area contributed by atoms with Gasteiger partial charge in [0.15, 0.2) is 11.2 Å². The summed E-state index contributed by atoms with van der Waals surface area (Å²) in [6.07, 6.45) is 1.53. The second kappa shape index (κ2) is 8.07. The van der Waals surface area contributed by atoms with Crippen LogP contribution < -0.4 is 11.2 Å². The molecule has 0 aliphatic carbocycles. The second-order valence-electron chi connectivity index (χ2n) is 7.47. The Labute approximate surface area is 182 Å². The van der Waals surface area contributed by atoms with Crippen molar-refractivity contribution in [1.82, 2.24) is 18.7 Å². The topological polar surface area (TPSA) is 61.8 Å². The highest BCUT2D eigenvalue weighted by Crippen LogP contribution is 2.20. The number of aryl methyl sites for hydroxylation is 2. The normalized spacial score (nSPS) is 11.3. The minimum absolute atomic E-state index is 0.329. The van der Waals surface area contributed by atoms with Crippen LogP contribution in [0.5, 0.6) is 0 Å². The SMILES string of the molecule is CCc1cccc(Cc2nc3c(c(=O)n(C)c(=O)n3C)n2Cc2cccc(Br)c2)c1. The lowest BCUT2D eigenvalue weighted by Gasteiger charge is -2.11. The maximum Gasteiger partial charge on any atom is 0.332 e. The summed E-state index contributed by atoms with van der Waals surface area (Å²) in [5, 5.41) is 0. The van der Waals surface area contributed by atoms with Gasteiger partial charge in [-0.1, -0.05) is 59.3 Å². The molecular weight excluding hydrogens is 444 g/mol. The van der Waals surface area contributed by atoms with Crippen molar-refractivity contribution in [2.24, 2.45) is 14.1 Å². The van der Waals surface area contributed by atoms with Crippen LogP contribution in [0.3, 0.4) is 0 Å². The Bertz CT molecular complexity index is 1360. The highest BCUT2D eigenvalue weighted by molar-refractivity contribution is 9.10. The molecule has 6 nitrogen and oxygen atoms in total. The van der Waals surface area contributed by atoms with Gasteiger partial charge in [-0.05, 0) is 35.2 Å². The zero-order chi connectivity index (χ0) is 21.4. The van der Waals surface area contributed by atoms with Crippen LogP contribution in [0.2, 0.25) is 0 Å². The van der Waals surface area contributed by atoms with Crippen molar-refractivity contribution in [3.05, 3.63) is 96.4 Å². The summed E-state index contributed by atoms with van der Waals surface area (Å²) in [7, 11) is 3.16. The predicted molar refractivity (Wildman–Crippen MR) is 122 cm³/mol. The minimum atomic E-state index is -0.376. The quantitative estimate of drug-likeness (QED) is 0.452.